The fourth-order valence-corrected chi connectivity index (χ4v) is 2.93. The second kappa shape index (κ2) is 6.41. The van der Waals surface area contributed by atoms with Crippen LogP contribution in [0.25, 0.3) is 11.0 Å². The maximum absolute atomic E-state index is 9.59. The Morgan fingerprint density at radius 1 is 0.767 bits per heavy atom. The van der Waals surface area contributed by atoms with E-state index >= 15 is 0 Å². The zero-order valence-corrected chi connectivity index (χ0v) is 14.5. The molecule has 134 valence electrons. The number of nitriles is 6. The molecular formula is C18H2N12. The first-order chi connectivity index (χ1) is 14.6. The molecule has 1 aromatic heterocycles. The second-order valence-corrected chi connectivity index (χ2v) is 5.65. The van der Waals surface area contributed by atoms with Crippen LogP contribution in [0.5, 0.6) is 0 Å². The number of rotatable bonds is 0. The van der Waals surface area contributed by atoms with Gasteiger partial charge < -0.3 is 5.32 Å². The zero-order chi connectivity index (χ0) is 21.4. The van der Waals surface area contributed by atoms with Gasteiger partial charge in [0.2, 0.25) is 0 Å². The highest BCUT2D eigenvalue weighted by molar-refractivity contribution is 5.91. The van der Waals surface area contributed by atoms with E-state index in [9.17, 15) is 31.6 Å². The monoisotopic (exact) mass is 386 g/mol. The highest BCUT2D eigenvalue weighted by Gasteiger charge is 2.28. The van der Waals surface area contributed by atoms with Gasteiger partial charge in [-0.2, -0.15) is 31.6 Å². The average Bonchev–Trinajstić information content (AvgIpc) is 2.81. The summed E-state index contributed by atoms with van der Waals surface area (Å²) in [7, 11) is 0. The van der Waals surface area contributed by atoms with Crippen molar-refractivity contribution in [2.45, 2.75) is 0 Å². The highest BCUT2D eigenvalue weighted by atomic mass is 15.2. The van der Waals surface area contributed by atoms with E-state index in [0.29, 0.717) is 0 Å². The summed E-state index contributed by atoms with van der Waals surface area (Å²) in [6.45, 7) is 0. The second-order valence-electron chi connectivity index (χ2n) is 5.65. The van der Waals surface area contributed by atoms with Crippen LogP contribution in [0, 0.1) is 68.1 Å². The van der Waals surface area contributed by atoms with Gasteiger partial charge in [-0.05, 0) is 0 Å². The quantitative estimate of drug-likeness (QED) is 0.597. The van der Waals surface area contributed by atoms with Gasteiger partial charge in [0.1, 0.15) is 57.8 Å². The fraction of sp³-hybridized carbons (Fsp3) is 0. The normalized spacial score (nSPS) is 13.3. The first kappa shape index (κ1) is 17.6. The lowest BCUT2D eigenvalue weighted by molar-refractivity contribution is 1.08. The Kier molecular flexibility index (Phi) is 3.76. The van der Waals surface area contributed by atoms with Gasteiger partial charge in [-0.25, -0.2) is 24.9 Å². The van der Waals surface area contributed by atoms with Crippen LogP contribution in [0.3, 0.4) is 0 Å². The molecule has 3 heterocycles. The molecule has 12 heteroatoms. The van der Waals surface area contributed by atoms with Crippen molar-refractivity contribution in [3.05, 3.63) is 45.4 Å². The SMILES string of the molecule is N#CC1=CN(C#N)c2c3c(c4nc(C#N)c(C#N)nc4c2=N1)=NC(C#N)=C(C#N)N3. The lowest BCUT2D eigenvalue weighted by Gasteiger charge is -2.22. The number of fused-ring (bicyclic) bond motifs is 6. The summed E-state index contributed by atoms with van der Waals surface area (Å²) in [4.78, 5) is 17.7. The Labute approximate surface area is 166 Å². The summed E-state index contributed by atoms with van der Waals surface area (Å²) in [5.41, 5.74) is -0.833. The molecule has 0 saturated heterocycles. The first-order valence-corrected chi connectivity index (χ1v) is 7.87. The van der Waals surface area contributed by atoms with Crippen molar-refractivity contribution in [3.8, 4) is 36.5 Å². The van der Waals surface area contributed by atoms with Crippen LogP contribution in [-0.4, -0.2) is 9.97 Å². The molecule has 0 spiro atoms. The molecule has 12 nitrogen and oxygen atoms in total. The minimum atomic E-state index is -0.281. The largest absolute Gasteiger partial charge is 0.341 e. The summed E-state index contributed by atoms with van der Waals surface area (Å²) < 4.78 is 0. The Hall–Kier alpha value is -5.82. The molecule has 30 heavy (non-hydrogen) atoms. The molecule has 0 aliphatic carbocycles. The van der Waals surface area contributed by atoms with Gasteiger partial charge in [-0.3, -0.25) is 0 Å². The molecular weight excluding hydrogens is 384 g/mol. The minimum Gasteiger partial charge on any atom is -0.341 e. The van der Waals surface area contributed by atoms with Crippen LogP contribution in [-0.2, 0) is 0 Å². The van der Waals surface area contributed by atoms with E-state index in [2.05, 4.69) is 25.3 Å². The predicted molar refractivity (Wildman–Crippen MR) is 94.9 cm³/mol. The average molecular weight is 386 g/mol. The van der Waals surface area contributed by atoms with Crippen LogP contribution in [0.2, 0.25) is 0 Å². The van der Waals surface area contributed by atoms with Gasteiger partial charge in [0, 0.05) is 0 Å². The molecule has 1 aromatic carbocycles. The van der Waals surface area contributed by atoms with Crippen molar-refractivity contribution in [2.24, 2.45) is 9.98 Å². The van der Waals surface area contributed by atoms with Crippen molar-refractivity contribution >= 4 is 22.4 Å². The molecule has 4 rings (SSSR count). The lowest BCUT2D eigenvalue weighted by atomic mass is 10.1. The molecule has 2 aliphatic heterocycles. The summed E-state index contributed by atoms with van der Waals surface area (Å²) in [6, 6.07) is 8.96. The van der Waals surface area contributed by atoms with Crippen LogP contribution < -0.4 is 20.9 Å². The molecule has 0 amide bonds. The third-order valence-electron chi connectivity index (χ3n) is 4.13. The minimum absolute atomic E-state index is 0.00338. The van der Waals surface area contributed by atoms with Crippen molar-refractivity contribution in [2.75, 3.05) is 10.2 Å². The van der Waals surface area contributed by atoms with E-state index in [4.69, 9.17) is 0 Å². The fourth-order valence-electron chi connectivity index (χ4n) is 2.93. The van der Waals surface area contributed by atoms with Crippen molar-refractivity contribution < 1.29 is 0 Å². The van der Waals surface area contributed by atoms with E-state index in [-0.39, 0.29) is 61.6 Å². The third kappa shape index (κ3) is 2.27. The lowest BCUT2D eigenvalue weighted by Crippen LogP contribution is -2.32. The van der Waals surface area contributed by atoms with Gasteiger partial charge in [0.05, 0.1) is 11.9 Å². The zero-order valence-electron chi connectivity index (χ0n) is 14.5. The van der Waals surface area contributed by atoms with E-state index in [0.717, 1.165) is 4.90 Å². The number of hydrogen-bond donors (Lipinski definition) is 1. The summed E-state index contributed by atoms with van der Waals surface area (Å²) in [6.07, 6.45) is 3.06. The molecule has 0 unspecified atom stereocenters. The van der Waals surface area contributed by atoms with Crippen LogP contribution in [0.4, 0.5) is 11.4 Å². The summed E-state index contributed by atoms with van der Waals surface area (Å²) in [5.74, 6) is 0. The number of nitrogens with one attached hydrogen (secondary N) is 1. The molecule has 1 N–H and O–H groups in total. The van der Waals surface area contributed by atoms with Crippen LogP contribution in [0.15, 0.2) is 33.3 Å². The van der Waals surface area contributed by atoms with E-state index in [1.54, 1.807) is 18.2 Å². The first-order valence-electron chi connectivity index (χ1n) is 7.87. The van der Waals surface area contributed by atoms with Crippen molar-refractivity contribution in [1.82, 2.24) is 9.97 Å². The highest BCUT2D eigenvalue weighted by Crippen LogP contribution is 2.29. The predicted octanol–water partition coefficient (Wildman–Crippen LogP) is -0.0373. The number of nitrogens with zero attached hydrogens (tertiary/aromatic N) is 11. The Balaban J connectivity index is 2.34. The van der Waals surface area contributed by atoms with E-state index < -0.39 is 0 Å². The number of hydrogen-bond acceptors (Lipinski definition) is 12. The number of benzene rings is 1. The van der Waals surface area contributed by atoms with E-state index in [1.165, 1.54) is 6.20 Å². The van der Waals surface area contributed by atoms with Gasteiger partial charge in [0.15, 0.2) is 34.7 Å². The molecule has 0 atom stereocenters. The number of aromatic nitrogens is 2. The molecule has 0 fully saturated rings. The van der Waals surface area contributed by atoms with Crippen LogP contribution >= 0.6 is 0 Å². The Morgan fingerprint density at radius 3 is 1.97 bits per heavy atom. The molecule has 0 saturated carbocycles. The van der Waals surface area contributed by atoms with Gasteiger partial charge in [-0.1, -0.05) is 0 Å². The summed E-state index contributed by atoms with van der Waals surface area (Å²) >= 11 is 0. The standard InChI is InChI=1S/C18H2N12/c19-1-8-6-30(7-24)18-16(25-8)14-13(26-9(2-20)10(3-21)27-14)15-17(18)29-12(5-23)11(4-22)28-15/h6,29H. The van der Waals surface area contributed by atoms with Gasteiger partial charge in [-0.15, -0.1) is 0 Å². The molecule has 0 bridgehead atoms. The summed E-state index contributed by atoms with van der Waals surface area (Å²) in [5, 5.41) is 59.0. The maximum atomic E-state index is 9.59. The topological polar surface area (TPSA) is 209 Å². The maximum Gasteiger partial charge on any atom is 0.188 e. The van der Waals surface area contributed by atoms with Gasteiger partial charge >= 0.3 is 0 Å². The van der Waals surface area contributed by atoms with Crippen molar-refractivity contribution in [3.63, 3.8) is 0 Å². The number of allylic oxidation sites excluding steroid dienone is 3. The molecule has 0 radical (unpaired) electrons. The van der Waals surface area contributed by atoms with Gasteiger partial charge in [0.25, 0.3) is 0 Å². The molecule has 2 aliphatic rings. The molecule has 2 aromatic rings. The third-order valence-corrected chi connectivity index (χ3v) is 4.13. The Bertz CT molecular complexity index is 1630. The van der Waals surface area contributed by atoms with Crippen molar-refractivity contribution in [1.29, 1.82) is 31.6 Å². The Morgan fingerprint density at radius 2 is 1.43 bits per heavy atom. The number of anilines is 2. The van der Waals surface area contributed by atoms with Crippen LogP contribution in [0.1, 0.15) is 11.4 Å². The smallest absolute Gasteiger partial charge is 0.188 e. The van der Waals surface area contributed by atoms with E-state index in [1.807, 2.05) is 18.3 Å².